The van der Waals surface area contributed by atoms with Crippen molar-refractivity contribution in [2.24, 2.45) is 0 Å². The molecule has 0 unspecified atom stereocenters. The first kappa shape index (κ1) is 1180. The zero-order chi connectivity index (χ0) is 0. The van der Waals surface area contributed by atoms with Gasteiger partial charge in [-0.2, -0.15) is 0 Å². The standard InChI is InChI=1S/4Al.3ClH.13H2O.Zr/h;;;;3*1H;13*1H2;/q4*+3;;;;;;;;;;;;;;;;;+4/p-16. The molecule has 0 aliphatic carbocycles. The Morgan fingerprint density at radius 1 is 0.190 bits per heavy atom. The van der Waals surface area contributed by atoms with Crippen molar-refractivity contribution >= 4 is 69.4 Å². The van der Waals surface area contributed by atoms with Gasteiger partial charge in [0.15, 0.2) is 0 Å². The van der Waals surface area contributed by atoms with E-state index < -0.39 is 0 Å². The molecule has 13 nitrogen and oxygen atoms in total. The van der Waals surface area contributed by atoms with Gasteiger partial charge in [0.1, 0.15) is 0 Å². The molecular formula is H13Al4Cl3O13Zr. The summed E-state index contributed by atoms with van der Waals surface area (Å²) in [7, 11) is 0. The summed E-state index contributed by atoms with van der Waals surface area (Å²) in [6, 6.07) is 0. The van der Waals surface area contributed by atoms with Crippen LogP contribution in [0.25, 0.3) is 0 Å². The fourth-order valence-electron chi connectivity index (χ4n) is 0. The van der Waals surface area contributed by atoms with Crippen molar-refractivity contribution in [3.8, 4) is 0 Å². The van der Waals surface area contributed by atoms with Gasteiger partial charge in [0.25, 0.3) is 0 Å². The molecule has 0 amide bonds. The van der Waals surface area contributed by atoms with Crippen molar-refractivity contribution in [1.82, 2.24) is 0 Å². The molecule has 0 saturated heterocycles. The molecule has 128 valence electrons. The van der Waals surface area contributed by atoms with Crippen LogP contribution in [0.4, 0.5) is 0 Å². The quantitative estimate of drug-likeness (QED) is 0.265. The van der Waals surface area contributed by atoms with E-state index in [0.29, 0.717) is 0 Å². The molecule has 0 aliphatic heterocycles. The molecular weight excluding hydrogens is 513 g/mol. The smallest absolute Gasteiger partial charge is 1.00 e. The molecule has 0 bridgehead atoms. The van der Waals surface area contributed by atoms with Crippen molar-refractivity contribution in [3.63, 3.8) is 0 Å². The van der Waals surface area contributed by atoms with Crippen LogP contribution >= 0.6 is 0 Å². The molecule has 0 aromatic heterocycles. The molecule has 0 saturated carbocycles. The Labute approximate surface area is 202 Å². The minimum Gasteiger partial charge on any atom is -1.00 e. The second kappa shape index (κ2) is 1030. The van der Waals surface area contributed by atoms with Gasteiger partial charge in [-0.3, -0.25) is 0 Å². The number of hydrogen-bond donors (Lipinski definition) is 0. The predicted octanol–water partition coefficient (Wildman–Crippen LogP) is -12.8. The molecule has 13 N–H and O–H groups in total. The van der Waals surface area contributed by atoms with Gasteiger partial charge in [0, 0.05) is 0 Å². The van der Waals surface area contributed by atoms with Crippen molar-refractivity contribution in [3.05, 3.63) is 0 Å². The van der Waals surface area contributed by atoms with Crippen molar-refractivity contribution in [2.75, 3.05) is 0 Å². The number of halogens is 3. The molecule has 0 atom stereocenters. The van der Waals surface area contributed by atoms with E-state index in [2.05, 4.69) is 0 Å². The molecule has 21 heavy (non-hydrogen) atoms. The van der Waals surface area contributed by atoms with Gasteiger partial charge in [0.2, 0.25) is 0 Å². The van der Waals surface area contributed by atoms with Crippen LogP contribution in [0.2, 0.25) is 0 Å². The zero-order valence-corrected chi connectivity index (χ0v) is 19.1. The first-order valence-corrected chi connectivity index (χ1v) is 0. The van der Waals surface area contributed by atoms with Crippen LogP contribution in [0.3, 0.4) is 0 Å². The monoisotopic (exact) mass is 524 g/mol. The summed E-state index contributed by atoms with van der Waals surface area (Å²) in [6.07, 6.45) is 0. The second-order valence-corrected chi connectivity index (χ2v) is 0. The molecule has 0 spiro atoms. The van der Waals surface area contributed by atoms with E-state index in [1.165, 1.54) is 0 Å². The van der Waals surface area contributed by atoms with Crippen LogP contribution in [0, 0.1) is 0 Å². The van der Waals surface area contributed by atoms with Crippen LogP contribution < -0.4 is 37.2 Å². The van der Waals surface area contributed by atoms with E-state index in [1.54, 1.807) is 0 Å². The molecule has 0 aliphatic rings. The fourth-order valence-corrected chi connectivity index (χ4v) is 0. The van der Waals surface area contributed by atoms with E-state index in [-0.39, 0.29) is 204 Å². The third-order valence-corrected chi connectivity index (χ3v) is 0. The third kappa shape index (κ3) is 943. The van der Waals surface area contributed by atoms with Gasteiger partial charge in [-0.1, -0.05) is 0 Å². The van der Waals surface area contributed by atoms with Crippen molar-refractivity contribution in [2.45, 2.75) is 0 Å². The molecule has 0 aromatic carbocycles. The van der Waals surface area contributed by atoms with Gasteiger partial charge in [0.05, 0.1) is 0 Å². The van der Waals surface area contributed by atoms with Gasteiger partial charge in [-0.05, 0) is 0 Å². The number of rotatable bonds is 0. The van der Waals surface area contributed by atoms with Gasteiger partial charge in [-0.15, -0.1) is 0 Å². The van der Waals surface area contributed by atoms with E-state index >= 15 is 0 Å². The van der Waals surface area contributed by atoms with E-state index in [4.69, 9.17) is 0 Å². The Morgan fingerprint density at radius 3 is 0.190 bits per heavy atom. The van der Waals surface area contributed by atoms with E-state index in [0.717, 1.165) is 0 Å². The molecule has 0 fully saturated rings. The van der Waals surface area contributed by atoms with Crippen molar-refractivity contribution in [1.29, 1.82) is 0 Å². The summed E-state index contributed by atoms with van der Waals surface area (Å²) >= 11 is 0. The van der Waals surface area contributed by atoms with E-state index in [9.17, 15) is 0 Å². The normalized spacial score (nSPS) is 0. The minimum atomic E-state index is 0. The summed E-state index contributed by atoms with van der Waals surface area (Å²) in [5.41, 5.74) is 0. The number of hydrogen-bond acceptors (Lipinski definition) is 13. The Morgan fingerprint density at radius 2 is 0.190 bits per heavy atom. The fraction of sp³-hybridized carbons (Fsp3) is 0. The maximum atomic E-state index is 0. The Hall–Kier alpha value is 3.36. The Balaban J connectivity index is 0. The topological polar surface area (TPSA) is 390 Å². The molecule has 21 heteroatoms. The Bertz CT molecular complexity index is 31.4. The van der Waals surface area contributed by atoms with Crippen LogP contribution in [0.15, 0.2) is 0 Å². The third-order valence-electron chi connectivity index (χ3n) is 0. The van der Waals surface area contributed by atoms with Crippen molar-refractivity contribution < 1.29 is 135 Å². The van der Waals surface area contributed by atoms with Crippen LogP contribution in [-0.4, -0.2) is 141 Å². The average molecular weight is 527 g/mol. The van der Waals surface area contributed by atoms with E-state index in [1.807, 2.05) is 0 Å². The molecule has 0 radical (unpaired) electrons. The van der Waals surface area contributed by atoms with Gasteiger partial charge >= 0.3 is 95.6 Å². The molecule has 0 heterocycles. The maximum absolute atomic E-state index is 0. The molecule has 0 aromatic rings. The summed E-state index contributed by atoms with van der Waals surface area (Å²) in [5, 5.41) is 0. The van der Waals surface area contributed by atoms with Gasteiger partial charge < -0.3 is 108 Å². The van der Waals surface area contributed by atoms with Crippen LogP contribution in [0.5, 0.6) is 0 Å². The van der Waals surface area contributed by atoms with Crippen LogP contribution in [-0.2, 0) is 26.2 Å². The maximum Gasteiger partial charge on any atom is 4.00 e. The SMILES string of the molecule is [Al+3].[Al+3].[Al+3].[Al+3].[Cl-].[Cl-].[Cl-].[OH-].[OH-].[OH-].[OH-].[OH-].[OH-].[OH-].[OH-].[OH-].[OH-].[OH-].[OH-].[OH-].[Zr+4]. The summed E-state index contributed by atoms with van der Waals surface area (Å²) < 4.78 is 0. The van der Waals surface area contributed by atoms with Crippen LogP contribution in [0.1, 0.15) is 0 Å². The summed E-state index contributed by atoms with van der Waals surface area (Å²) in [4.78, 5) is 0. The second-order valence-electron chi connectivity index (χ2n) is 0. The predicted molar refractivity (Wildman–Crippen MR) is 48.2 cm³/mol. The first-order chi connectivity index (χ1) is 0. The average Bonchev–Trinajstić information content (AvgIpc) is 0. The Kier molecular flexibility index (Phi) is 57800. The largest absolute Gasteiger partial charge is 4.00 e. The zero-order valence-electron chi connectivity index (χ0n) is 9.76. The minimum absolute atomic E-state index is 0. The first-order valence-electron chi connectivity index (χ1n) is 0. The van der Waals surface area contributed by atoms with Gasteiger partial charge in [-0.25, -0.2) is 0 Å². The summed E-state index contributed by atoms with van der Waals surface area (Å²) in [5.74, 6) is 0. The molecule has 0 rings (SSSR count). The summed E-state index contributed by atoms with van der Waals surface area (Å²) in [6.45, 7) is 0.